The zero-order chi connectivity index (χ0) is 12.8. The van der Waals surface area contributed by atoms with Crippen LogP contribution in [0.2, 0.25) is 0 Å². The molecule has 1 N–H and O–H groups in total. The summed E-state index contributed by atoms with van der Waals surface area (Å²) in [5.41, 5.74) is 1.81. The quantitative estimate of drug-likeness (QED) is 0.655. The Bertz CT molecular complexity index is 583. The van der Waals surface area contributed by atoms with Gasteiger partial charge in [-0.1, -0.05) is 0 Å². The monoisotopic (exact) mass is 241 g/mol. The fourth-order valence-electron chi connectivity index (χ4n) is 1.40. The second-order valence-corrected chi connectivity index (χ2v) is 3.37. The summed E-state index contributed by atoms with van der Waals surface area (Å²) >= 11 is 0. The Morgan fingerprint density at radius 1 is 1.56 bits per heavy atom. The molecule has 2 rings (SSSR count). The zero-order valence-corrected chi connectivity index (χ0v) is 9.79. The number of aromatic nitrogens is 3. The number of nitrogens with zero attached hydrogens (tertiary/aromatic N) is 4. The maximum atomic E-state index is 9.09. The van der Waals surface area contributed by atoms with Gasteiger partial charge in [0.05, 0.1) is 17.9 Å². The van der Waals surface area contributed by atoms with Crippen molar-refractivity contribution in [1.82, 2.24) is 15.2 Å². The first-order valence-corrected chi connectivity index (χ1v) is 5.39. The van der Waals surface area contributed by atoms with Crippen molar-refractivity contribution in [2.75, 3.05) is 6.61 Å². The van der Waals surface area contributed by atoms with Crippen LogP contribution in [0.3, 0.4) is 0 Å². The highest BCUT2D eigenvalue weighted by atomic mass is 16.5. The van der Waals surface area contributed by atoms with Crippen LogP contribution in [0.1, 0.15) is 12.5 Å². The third-order valence-electron chi connectivity index (χ3n) is 2.24. The molecule has 0 bridgehead atoms. The second-order valence-electron chi connectivity index (χ2n) is 3.37. The fraction of sp³-hybridized carbons (Fsp3) is 0.167. The van der Waals surface area contributed by atoms with Gasteiger partial charge in [0.25, 0.3) is 0 Å². The van der Waals surface area contributed by atoms with Gasteiger partial charge in [-0.25, -0.2) is 9.98 Å². The Morgan fingerprint density at radius 2 is 2.44 bits per heavy atom. The summed E-state index contributed by atoms with van der Waals surface area (Å²) in [6.45, 7) is 2.41. The van der Waals surface area contributed by atoms with Gasteiger partial charge in [-0.15, -0.1) is 0 Å². The van der Waals surface area contributed by atoms with Crippen molar-refractivity contribution in [3.05, 3.63) is 30.1 Å². The molecule has 1 aromatic heterocycles. The van der Waals surface area contributed by atoms with Gasteiger partial charge < -0.3 is 4.74 Å². The molecule has 0 aliphatic rings. The number of nitriles is 1. The summed E-state index contributed by atoms with van der Waals surface area (Å²) < 4.78 is 5.01. The lowest BCUT2D eigenvalue weighted by Crippen LogP contribution is -1.87. The molecule has 1 aromatic carbocycles. The number of aliphatic imine (C=N–C) groups is 1. The van der Waals surface area contributed by atoms with E-state index < -0.39 is 0 Å². The van der Waals surface area contributed by atoms with Crippen molar-refractivity contribution < 1.29 is 4.74 Å². The maximum absolute atomic E-state index is 9.09. The molecule has 90 valence electrons. The highest BCUT2D eigenvalue weighted by Crippen LogP contribution is 2.24. The van der Waals surface area contributed by atoms with Gasteiger partial charge in [0.15, 0.2) is 12.2 Å². The van der Waals surface area contributed by atoms with Gasteiger partial charge in [0.2, 0.25) is 0 Å². The molecule has 0 fully saturated rings. The first-order chi connectivity index (χ1) is 8.85. The third kappa shape index (κ3) is 2.52. The molecule has 0 radical (unpaired) electrons. The van der Waals surface area contributed by atoms with Crippen molar-refractivity contribution in [3.8, 4) is 17.5 Å². The van der Waals surface area contributed by atoms with Crippen molar-refractivity contribution >= 4 is 12.1 Å². The predicted octanol–water partition coefficient (Wildman–Crippen LogP) is 2.04. The lowest BCUT2D eigenvalue weighted by molar-refractivity contribution is 0.344. The number of H-pyrrole nitrogens is 1. The van der Waals surface area contributed by atoms with Crippen LogP contribution in [-0.4, -0.2) is 28.2 Å². The van der Waals surface area contributed by atoms with Crippen molar-refractivity contribution in [1.29, 1.82) is 5.26 Å². The molecule has 0 saturated carbocycles. The van der Waals surface area contributed by atoms with Gasteiger partial charge >= 0.3 is 0 Å². The van der Waals surface area contributed by atoms with E-state index in [9.17, 15) is 0 Å². The normalized spacial score (nSPS) is 10.4. The SMILES string of the molecule is CCOC=Nc1ccc(-c2ncn[nH]2)cc1C#N. The molecule has 6 heteroatoms. The molecular formula is C12H11N5O. The molecule has 0 amide bonds. The van der Waals surface area contributed by atoms with Crippen molar-refractivity contribution in [2.45, 2.75) is 6.92 Å². The largest absolute Gasteiger partial charge is 0.483 e. The topological polar surface area (TPSA) is 87.0 Å². The van der Waals surface area contributed by atoms with Crippen LogP contribution in [0.25, 0.3) is 11.4 Å². The van der Waals surface area contributed by atoms with Gasteiger partial charge in [0, 0.05) is 5.56 Å². The average Bonchev–Trinajstić information content (AvgIpc) is 2.93. The van der Waals surface area contributed by atoms with Gasteiger partial charge in [-0.3, -0.25) is 5.10 Å². The van der Waals surface area contributed by atoms with Crippen LogP contribution >= 0.6 is 0 Å². The summed E-state index contributed by atoms with van der Waals surface area (Å²) in [5.74, 6) is 0.617. The molecule has 2 aromatic rings. The van der Waals surface area contributed by atoms with E-state index in [1.807, 2.05) is 13.0 Å². The number of aromatic amines is 1. The maximum Gasteiger partial charge on any atom is 0.174 e. The van der Waals surface area contributed by atoms with Crippen molar-refractivity contribution in [3.63, 3.8) is 0 Å². The number of benzene rings is 1. The smallest absolute Gasteiger partial charge is 0.174 e. The molecule has 18 heavy (non-hydrogen) atoms. The van der Waals surface area contributed by atoms with E-state index in [4.69, 9.17) is 10.00 Å². The highest BCUT2D eigenvalue weighted by molar-refractivity contribution is 5.68. The van der Waals surface area contributed by atoms with Crippen LogP contribution in [0.15, 0.2) is 29.5 Å². The summed E-state index contributed by atoms with van der Waals surface area (Å²) in [6.07, 6.45) is 2.76. The lowest BCUT2D eigenvalue weighted by Gasteiger charge is -2.01. The summed E-state index contributed by atoms with van der Waals surface area (Å²) in [7, 11) is 0. The van der Waals surface area contributed by atoms with Crippen LogP contribution in [0.5, 0.6) is 0 Å². The van der Waals surface area contributed by atoms with E-state index in [-0.39, 0.29) is 0 Å². The summed E-state index contributed by atoms with van der Waals surface area (Å²) in [5, 5.41) is 15.6. The molecule has 0 unspecified atom stereocenters. The molecule has 6 nitrogen and oxygen atoms in total. The number of hydrogen-bond donors (Lipinski definition) is 1. The Kier molecular flexibility index (Phi) is 3.66. The summed E-state index contributed by atoms with van der Waals surface area (Å²) in [4.78, 5) is 8.10. The average molecular weight is 241 g/mol. The molecule has 0 aliphatic heterocycles. The first kappa shape index (κ1) is 11.8. The van der Waals surface area contributed by atoms with Gasteiger partial charge in [-0.2, -0.15) is 10.4 Å². The lowest BCUT2D eigenvalue weighted by atomic mass is 10.1. The molecule has 0 saturated heterocycles. The Labute approximate surface area is 104 Å². The molecule has 0 spiro atoms. The second kappa shape index (κ2) is 5.59. The van der Waals surface area contributed by atoms with Crippen molar-refractivity contribution in [2.24, 2.45) is 4.99 Å². The van der Waals surface area contributed by atoms with Gasteiger partial charge in [-0.05, 0) is 25.1 Å². The van der Waals surface area contributed by atoms with Crippen LogP contribution in [-0.2, 0) is 4.74 Å². The van der Waals surface area contributed by atoms with E-state index >= 15 is 0 Å². The van der Waals surface area contributed by atoms with E-state index in [2.05, 4.69) is 26.2 Å². The Morgan fingerprint density at radius 3 is 3.11 bits per heavy atom. The van der Waals surface area contributed by atoms with E-state index in [1.54, 1.807) is 12.1 Å². The molecular weight excluding hydrogens is 230 g/mol. The Hall–Kier alpha value is -2.68. The minimum absolute atomic E-state index is 0.458. The van der Waals surface area contributed by atoms with Crippen LogP contribution in [0.4, 0.5) is 5.69 Å². The first-order valence-electron chi connectivity index (χ1n) is 5.39. The standard InChI is InChI=1S/C12H11N5O/c1-2-18-8-15-11-4-3-9(5-10(11)6-13)12-14-7-16-17-12/h3-5,7-8H,2H2,1H3,(H,14,16,17). The van der Waals surface area contributed by atoms with Crippen LogP contribution < -0.4 is 0 Å². The minimum atomic E-state index is 0.458. The van der Waals surface area contributed by atoms with E-state index in [1.165, 1.54) is 12.7 Å². The highest BCUT2D eigenvalue weighted by Gasteiger charge is 2.05. The zero-order valence-electron chi connectivity index (χ0n) is 9.79. The number of ether oxygens (including phenoxy) is 1. The number of hydrogen-bond acceptors (Lipinski definition) is 5. The van der Waals surface area contributed by atoms with Gasteiger partial charge in [0.1, 0.15) is 12.4 Å². The molecule has 0 atom stereocenters. The molecule has 1 heterocycles. The minimum Gasteiger partial charge on any atom is -0.483 e. The van der Waals surface area contributed by atoms with Crippen LogP contribution in [0, 0.1) is 11.3 Å². The fourth-order valence-corrected chi connectivity index (χ4v) is 1.40. The third-order valence-corrected chi connectivity index (χ3v) is 2.24. The number of nitrogens with one attached hydrogen (secondary N) is 1. The Balaban J connectivity index is 2.32. The van der Waals surface area contributed by atoms with E-state index in [0.29, 0.717) is 23.7 Å². The molecule has 0 aliphatic carbocycles. The predicted molar refractivity (Wildman–Crippen MR) is 66.3 cm³/mol. The number of rotatable bonds is 4. The summed E-state index contributed by atoms with van der Waals surface area (Å²) in [6, 6.07) is 7.36. The van der Waals surface area contributed by atoms with E-state index in [0.717, 1.165) is 5.56 Å².